The molecule has 0 unspecified atom stereocenters. The Hall–Kier alpha value is -2.83. The van der Waals surface area contributed by atoms with Gasteiger partial charge in [-0.2, -0.15) is 0 Å². The van der Waals surface area contributed by atoms with Gasteiger partial charge < -0.3 is 9.47 Å². The highest BCUT2D eigenvalue weighted by Crippen LogP contribution is 2.29. The predicted molar refractivity (Wildman–Crippen MR) is 86.8 cm³/mol. The van der Waals surface area contributed by atoms with Gasteiger partial charge in [0, 0.05) is 14.1 Å². The van der Waals surface area contributed by atoms with Crippen LogP contribution in [-0.2, 0) is 16.0 Å². The van der Waals surface area contributed by atoms with Gasteiger partial charge in [0.1, 0.15) is 24.0 Å². The molecule has 0 aliphatic carbocycles. The summed E-state index contributed by atoms with van der Waals surface area (Å²) in [4.78, 5) is 38.4. The van der Waals surface area contributed by atoms with Crippen molar-refractivity contribution in [2.45, 2.75) is 6.42 Å². The number of hydrogen-bond donors (Lipinski definition) is 0. The summed E-state index contributed by atoms with van der Waals surface area (Å²) in [5, 5.41) is 0. The van der Waals surface area contributed by atoms with Gasteiger partial charge in [-0.05, 0) is 30.2 Å². The molecule has 0 atom stereocenters. The maximum atomic E-state index is 12.3. The van der Waals surface area contributed by atoms with Gasteiger partial charge in [-0.1, -0.05) is 12.7 Å². The van der Waals surface area contributed by atoms with Crippen LogP contribution >= 0.6 is 0 Å². The average Bonchev–Trinajstić information content (AvgIpc) is 2.60. The van der Waals surface area contributed by atoms with E-state index in [2.05, 4.69) is 6.58 Å². The van der Waals surface area contributed by atoms with Gasteiger partial charge in [-0.15, -0.1) is 0 Å². The molecule has 0 N–H and O–H groups in total. The molecule has 1 aromatic carbocycles. The Balaban J connectivity index is 2.34. The first-order chi connectivity index (χ1) is 11.4. The van der Waals surface area contributed by atoms with Crippen molar-refractivity contribution in [3.8, 4) is 11.5 Å². The molecule has 2 rings (SSSR count). The smallest absolute Gasteiger partial charge is 0.332 e. The number of methoxy groups -OCH3 is 1. The number of rotatable bonds is 6. The Bertz CT molecular complexity index is 662. The number of ether oxygens (including phenoxy) is 2. The SMILES string of the molecule is C=CCOc1ccc(OC)cc1CC1C(=O)N(C)C(=O)N(C)C1=O. The zero-order chi connectivity index (χ0) is 17.9. The van der Waals surface area contributed by atoms with Crippen molar-refractivity contribution in [3.63, 3.8) is 0 Å². The van der Waals surface area contributed by atoms with Crippen molar-refractivity contribution in [3.05, 3.63) is 36.4 Å². The topological polar surface area (TPSA) is 76.2 Å². The maximum Gasteiger partial charge on any atom is 0.332 e. The van der Waals surface area contributed by atoms with E-state index in [1.165, 1.54) is 21.2 Å². The number of urea groups is 1. The van der Waals surface area contributed by atoms with Crippen molar-refractivity contribution >= 4 is 17.8 Å². The second kappa shape index (κ2) is 7.16. The number of benzene rings is 1. The Morgan fingerprint density at radius 3 is 2.33 bits per heavy atom. The third-order valence-corrected chi connectivity index (χ3v) is 3.88. The summed E-state index contributed by atoms with van der Waals surface area (Å²) in [6.45, 7) is 3.89. The summed E-state index contributed by atoms with van der Waals surface area (Å²) >= 11 is 0. The van der Waals surface area contributed by atoms with E-state index in [1.807, 2.05) is 0 Å². The van der Waals surface area contributed by atoms with Crippen molar-refractivity contribution in [2.24, 2.45) is 5.92 Å². The van der Waals surface area contributed by atoms with Crippen LogP contribution in [0.15, 0.2) is 30.9 Å². The molecule has 128 valence electrons. The molecule has 0 saturated carbocycles. The minimum Gasteiger partial charge on any atom is -0.497 e. The summed E-state index contributed by atoms with van der Waals surface area (Å²) < 4.78 is 10.8. The molecule has 24 heavy (non-hydrogen) atoms. The summed E-state index contributed by atoms with van der Waals surface area (Å²) in [7, 11) is 4.25. The van der Waals surface area contributed by atoms with Crippen LogP contribution in [0.4, 0.5) is 4.79 Å². The highest BCUT2D eigenvalue weighted by molar-refractivity contribution is 6.15. The van der Waals surface area contributed by atoms with Gasteiger partial charge in [0.25, 0.3) is 0 Å². The Labute approximate surface area is 140 Å². The first-order valence-electron chi connectivity index (χ1n) is 7.40. The van der Waals surface area contributed by atoms with E-state index in [1.54, 1.807) is 24.3 Å². The number of barbiturate groups is 1. The average molecular weight is 332 g/mol. The highest BCUT2D eigenvalue weighted by Gasteiger charge is 2.42. The van der Waals surface area contributed by atoms with E-state index in [9.17, 15) is 14.4 Å². The van der Waals surface area contributed by atoms with E-state index in [0.717, 1.165) is 9.80 Å². The van der Waals surface area contributed by atoms with Gasteiger partial charge in [-0.3, -0.25) is 19.4 Å². The van der Waals surface area contributed by atoms with Crippen molar-refractivity contribution in [1.29, 1.82) is 0 Å². The van der Waals surface area contributed by atoms with Crippen LogP contribution in [0.25, 0.3) is 0 Å². The van der Waals surface area contributed by atoms with Crippen molar-refractivity contribution in [2.75, 3.05) is 27.8 Å². The van der Waals surface area contributed by atoms with Gasteiger partial charge in [0.05, 0.1) is 7.11 Å². The van der Waals surface area contributed by atoms with Gasteiger partial charge in [-0.25, -0.2) is 4.79 Å². The fraction of sp³-hybridized carbons (Fsp3) is 0.353. The lowest BCUT2D eigenvalue weighted by Gasteiger charge is -2.33. The molecule has 1 heterocycles. The third-order valence-electron chi connectivity index (χ3n) is 3.88. The number of amides is 4. The second-order valence-electron chi connectivity index (χ2n) is 5.41. The van der Waals surface area contributed by atoms with Crippen LogP contribution in [0.3, 0.4) is 0 Å². The monoisotopic (exact) mass is 332 g/mol. The summed E-state index contributed by atoms with van der Waals surface area (Å²) in [6, 6.07) is 4.53. The van der Waals surface area contributed by atoms with E-state index in [-0.39, 0.29) is 6.42 Å². The number of hydrogen-bond acceptors (Lipinski definition) is 5. The quantitative estimate of drug-likeness (QED) is 0.582. The molecular weight excluding hydrogens is 312 g/mol. The molecule has 1 aliphatic rings. The standard InChI is InChI=1S/C17H20N2O5/c1-5-8-24-14-7-6-12(23-4)9-11(14)10-13-15(20)18(2)17(22)19(3)16(13)21/h5-7,9,13H,1,8,10H2,2-4H3. The Morgan fingerprint density at radius 1 is 1.17 bits per heavy atom. The van der Waals surface area contributed by atoms with Crippen LogP contribution in [0.5, 0.6) is 11.5 Å². The van der Waals surface area contributed by atoms with Crippen LogP contribution in [-0.4, -0.2) is 55.5 Å². The van der Waals surface area contributed by atoms with E-state index in [4.69, 9.17) is 9.47 Å². The molecule has 1 fully saturated rings. The van der Waals surface area contributed by atoms with Crippen LogP contribution in [0.2, 0.25) is 0 Å². The summed E-state index contributed by atoms with van der Waals surface area (Å²) in [5.41, 5.74) is 0.652. The lowest BCUT2D eigenvalue weighted by molar-refractivity contribution is -0.147. The van der Waals surface area contributed by atoms with Crippen molar-refractivity contribution in [1.82, 2.24) is 9.80 Å². The lowest BCUT2D eigenvalue weighted by atomic mass is 9.94. The molecule has 0 radical (unpaired) electrons. The number of carbonyl (C=O) groups is 3. The Morgan fingerprint density at radius 2 is 1.79 bits per heavy atom. The molecule has 7 heteroatoms. The largest absolute Gasteiger partial charge is 0.497 e. The molecule has 1 aromatic rings. The molecule has 1 aliphatic heterocycles. The van der Waals surface area contributed by atoms with Gasteiger partial charge in [0.15, 0.2) is 0 Å². The first kappa shape index (κ1) is 17.5. The zero-order valence-corrected chi connectivity index (χ0v) is 13.9. The van der Waals surface area contributed by atoms with Crippen LogP contribution in [0.1, 0.15) is 5.56 Å². The molecule has 7 nitrogen and oxygen atoms in total. The van der Waals surface area contributed by atoms with Crippen molar-refractivity contribution < 1.29 is 23.9 Å². The molecule has 1 saturated heterocycles. The first-order valence-corrected chi connectivity index (χ1v) is 7.40. The molecule has 4 amide bonds. The summed E-state index contributed by atoms with van der Waals surface area (Å²) in [6.07, 6.45) is 1.72. The van der Waals surface area contributed by atoms with E-state index >= 15 is 0 Å². The van der Waals surface area contributed by atoms with Crippen LogP contribution in [0, 0.1) is 5.92 Å². The van der Waals surface area contributed by atoms with Gasteiger partial charge >= 0.3 is 6.03 Å². The van der Waals surface area contributed by atoms with Gasteiger partial charge in [0.2, 0.25) is 11.8 Å². The number of imide groups is 2. The lowest BCUT2D eigenvalue weighted by Crippen LogP contribution is -2.57. The molecule has 0 bridgehead atoms. The minimum absolute atomic E-state index is 0.114. The third kappa shape index (κ3) is 3.24. The Kier molecular flexibility index (Phi) is 5.23. The molecule has 0 aromatic heterocycles. The van der Waals surface area contributed by atoms with E-state index < -0.39 is 23.8 Å². The fourth-order valence-electron chi connectivity index (χ4n) is 2.51. The minimum atomic E-state index is -0.976. The normalized spacial score (nSPS) is 15.7. The highest BCUT2D eigenvalue weighted by atomic mass is 16.5. The molecular formula is C17H20N2O5. The maximum absolute atomic E-state index is 12.3. The fourth-order valence-corrected chi connectivity index (χ4v) is 2.51. The number of carbonyl (C=O) groups excluding carboxylic acids is 3. The van der Waals surface area contributed by atoms with Crippen LogP contribution < -0.4 is 9.47 Å². The predicted octanol–water partition coefficient (Wildman–Crippen LogP) is 1.47. The molecule has 0 spiro atoms. The zero-order valence-electron chi connectivity index (χ0n) is 13.9. The second-order valence-corrected chi connectivity index (χ2v) is 5.41. The van der Waals surface area contributed by atoms with E-state index in [0.29, 0.717) is 23.7 Å². The summed E-state index contributed by atoms with van der Waals surface area (Å²) in [5.74, 6) is -0.903. The number of nitrogens with zero attached hydrogens (tertiary/aromatic N) is 2.